The summed E-state index contributed by atoms with van der Waals surface area (Å²) >= 11 is 1.59. The molecular formula is C12H19N3OS. The van der Waals surface area contributed by atoms with Crippen LogP contribution in [0.3, 0.4) is 0 Å². The minimum Gasteiger partial charge on any atom is -0.356 e. The second kappa shape index (κ2) is 6.71. The number of aromatic nitrogens is 1. The van der Waals surface area contributed by atoms with Gasteiger partial charge in [0.25, 0.3) is 0 Å². The normalized spacial score (nSPS) is 19.4. The molecule has 0 radical (unpaired) electrons. The smallest absolute Gasteiger partial charge is 0.220 e. The van der Waals surface area contributed by atoms with E-state index in [9.17, 15) is 4.79 Å². The van der Waals surface area contributed by atoms with Gasteiger partial charge in [-0.2, -0.15) is 0 Å². The Balaban J connectivity index is 1.54. The molecule has 94 valence electrons. The molecule has 5 heteroatoms. The summed E-state index contributed by atoms with van der Waals surface area (Å²) in [6.07, 6.45) is 4.89. The van der Waals surface area contributed by atoms with Crippen LogP contribution in [0.4, 0.5) is 0 Å². The minimum atomic E-state index is 0.161. The highest BCUT2D eigenvalue weighted by atomic mass is 32.1. The molecular weight excluding hydrogens is 234 g/mol. The van der Waals surface area contributed by atoms with Crippen molar-refractivity contribution in [2.45, 2.75) is 38.1 Å². The molecule has 0 aromatic carbocycles. The number of rotatable bonds is 6. The highest BCUT2D eigenvalue weighted by Crippen LogP contribution is 2.10. The van der Waals surface area contributed by atoms with E-state index >= 15 is 0 Å². The van der Waals surface area contributed by atoms with Crippen LogP contribution in [0.5, 0.6) is 0 Å². The first-order valence-corrected chi connectivity index (χ1v) is 7.16. The fourth-order valence-corrected chi connectivity index (χ4v) is 2.68. The largest absolute Gasteiger partial charge is 0.356 e. The van der Waals surface area contributed by atoms with E-state index in [2.05, 4.69) is 15.6 Å². The first-order chi connectivity index (χ1) is 8.34. The number of nitrogens with zero attached hydrogens (tertiary/aromatic N) is 1. The average Bonchev–Trinajstić information content (AvgIpc) is 2.99. The Kier molecular flexibility index (Phi) is 4.94. The van der Waals surface area contributed by atoms with Gasteiger partial charge in [0.1, 0.15) is 0 Å². The molecule has 4 nitrogen and oxygen atoms in total. The minimum absolute atomic E-state index is 0.161. The standard InChI is InChI=1S/C12H19N3OS/c16-12(4-3-10-2-1-6-13-10)14-7-5-11-8-17-9-15-11/h8-10,13H,1-7H2,(H,14,16). The highest BCUT2D eigenvalue weighted by Gasteiger charge is 2.14. The van der Waals surface area contributed by atoms with E-state index in [1.807, 2.05) is 10.9 Å². The first-order valence-electron chi connectivity index (χ1n) is 6.22. The molecule has 1 aromatic heterocycles. The second-order valence-corrected chi connectivity index (χ2v) is 5.13. The lowest BCUT2D eigenvalue weighted by Gasteiger charge is -2.09. The Labute approximate surface area is 106 Å². The average molecular weight is 253 g/mol. The van der Waals surface area contributed by atoms with Crippen LogP contribution in [0.1, 0.15) is 31.4 Å². The zero-order valence-corrected chi connectivity index (χ0v) is 10.8. The van der Waals surface area contributed by atoms with Crippen LogP contribution in [0.25, 0.3) is 0 Å². The van der Waals surface area contributed by atoms with E-state index in [0.29, 0.717) is 19.0 Å². The van der Waals surface area contributed by atoms with Crippen LogP contribution in [0.15, 0.2) is 10.9 Å². The summed E-state index contributed by atoms with van der Waals surface area (Å²) in [7, 11) is 0. The Bertz CT molecular complexity index is 334. The molecule has 1 aromatic rings. The van der Waals surface area contributed by atoms with Gasteiger partial charge in [-0.15, -0.1) is 11.3 Å². The van der Waals surface area contributed by atoms with Gasteiger partial charge in [0.05, 0.1) is 11.2 Å². The summed E-state index contributed by atoms with van der Waals surface area (Å²) < 4.78 is 0. The molecule has 1 amide bonds. The van der Waals surface area contributed by atoms with Gasteiger partial charge in [0.15, 0.2) is 0 Å². The Morgan fingerprint density at radius 2 is 2.59 bits per heavy atom. The lowest BCUT2D eigenvalue weighted by atomic mass is 10.1. The van der Waals surface area contributed by atoms with Crippen molar-refractivity contribution >= 4 is 17.2 Å². The summed E-state index contributed by atoms with van der Waals surface area (Å²) in [4.78, 5) is 15.8. The molecule has 0 aliphatic carbocycles. The summed E-state index contributed by atoms with van der Waals surface area (Å²) in [5.74, 6) is 0.161. The number of nitrogens with one attached hydrogen (secondary N) is 2. The van der Waals surface area contributed by atoms with Crippen molar-refractivity contribution in [3.8, 4) is 0 Å². The fraction of sp³-hybridized carbons (Fsp3) is 0.667. The van der Waals surface area contributed by atoms with Crippen LogP contribution in [-0.2, 0) is 11.2 Å². The van der Waals surface area contributed by atoms with E-state index in [4.69, 9.17) is 0 Å². The van der Waals surface area contributed by atoms with Gasteiger partial charge < -0.3 is 10.6 Å². The number of hydrogen-bond donors (Lipinski definition) is 2. The van der Waals surface area contributed by atoms with Gasteiger partial charge in [-0.25, -0.2) is 4.98 Å². The van der Waals surface area contributed by atoms with Crippen molar-refractivity contribution in [1.82, 2.24) is 15.6 Å². The van der Waals surface area contributed by atoms with Crippen molar-refractivity contribution in [3.63, 3.8) is 0 Å². The third kappa shape index (κ3) is 4.44. The number of hydrogen-bond acceptors (Lipinski definition) is 4. The van der Waals surface area contributed by atoms with E-state index in [0.717, 1.165) is 25.1 Å². The molecule has 1 saturated heterocycles. The van der Waals surface area contributed by atoms with Crippen LogP contribution >= 0.6 is 11.3 Å². The molecule has 0 spiro atoms. The fourth-order valence-electron chi connectivity index (χ4n) is 2.09. The summed E-state index contributed by atoms with van der Waals surface area (Å²) in [5, 5.41) is 8.37. The molecule has 2 N–H and O–H groups in total. The van der Waals surface area contributed by atoms with Gasteiger partial charge in [0.2, 0.25) is 5.91 Å². The van der Waals surface area contributed by atoms with Crippen molar-refractivity contribution in [2.75, 3.05) is 13.1 Å². The predicted octanol–water partition coefficient (Wildman–Crippen LogP) is 1.33. The third-order valence-corrected chi connectivity index (χ3v) is 3.70. The number of carbonyl (C=O) groups excluding carboxylic acids is 1. The molecule has 1 unspecified atom stereocenters. The van der Waals surface area contributed by atoms with Crippen LogP contribution in [0.2, 0.25) is 0 Å². The molecule has 2 rings (SSSR count). The number of amides is 1. The zero-order valence-electron chi connectivity index (χ0n) is 9.95. The third-order valence-electron chi connectivity index (χ3n) is 3.07. The van der Waals surface area contributed by atoms with Gasteiger partial charge >= 0.3 is 0 Å². The van der Waals surface area contributed by atoms with Crippen molar-refractivity contribution in [2.24, 2.45) is 0 Å². The second-order valence-electron chi connectivity index (χ2n) is 4.41. The van der Waals surface area contributed by atoms with Crippen LogP contribution < -0.4 is 10.6 Å². The molecule has 1 aliphatic heterocycles. The molecule has 1 aliphatic rings. The van der Waals surface area contributed by atoms with E-state index in [1.165, 1.54) is 12.8 Å². The zero-order chi connectivity index (χ0) is 11.9. The summed E-state index contributed by atoms with van der Waals surface area (Å²) in [6, 6.07) is 0.555. The van der Waals surface area contributed by atoms with E-state index in [-0.39, 0.29) is 5.91 Å². The Hall–Kier alpha value is -0.940. The monoisotopic (exact) mass is 253 g/mol. The maximum Gasteiger partial charge on any atom is 0.220 e. The Morgan fingerprint density at radius 3 is 3.29 bits per heavy atom. The molecule has 0 bridgehead atoms. The number of thiazole rings is 1. The molecule has 1 atom stereocenters. The maximum absolute atomic E-state index is 11.6. The lowest BCUT2D eigenvalue weighted by molar-refractivity contribution is -0.121. The Morgan fingerprint density at radius 1 is 1.65 bits per heavy atom. The highest BCUT2D eigenvalue weighted by molar-refractivity contribution is 7.07. The van der Waals surface area contributed by atoms with E-state index < -0.39 is 0 Å². The summed E-state index contributed by atoms with van der Waals surface area (Å²) in [5.41, 5.74) is 2.89. The molecule has 17 heavy (non-hydrogen) atoms. The van der Waals surface area contributed by atoms with Gasteiger partial charge in [-0.3, -0.25) is 4.79 Å². The van der Waals surface area contributed by atoms with Crippen LogP contribution in [-0.4, -0.2) is 30.0 Å². The van der Waals surface area contributed by atoms with Gasteiger partial charge in [-0.1, -0.05) is 0 Å². The molecule has 1 fully saturated rings. The van der Waals surface area contributed by atoms with Crippen molar-refractivity contribution in [3.05, 3.63) is 16.6 Å². The van der Waals surface area contributed by atoms with Gasteiger partial charge in [-0.05, 0) is 25.8 Å². The summed E-state index contributed by atoms with van der Waals surface area (Å²) in [6.45, 7) is 1.80. The maximum atomic E-state index is 11.6. The predicted molar refractivity (Wildman–Crippen MR) is 69.1 cm³/mol. The molecule has 0 saturated carbocycles. The van der Waals surface area contributed by atoms with Crippen LogP contribution in [0, 0.1) is 0 Å². The topological polar surface area (TPSA) is 54.0 Å². The molecule has 2 heterocycles. The van der Waals surface area contributed by atoms with Crippen molar-refractivity contribution in [1.29, 1.82) is 0 Å². The first kappa shape index (κ1) is 12.5. The van der Waals surface area contributed by atoms with Crippen molar-refractivity contribution < 1.29 is 4.79 Å². The lowest BCUT2D eigenvalue weighted by Crippen LogP contribution is -2.28. The van der Waals surface area contributed by atoms with Gasteiger partial charge in [0, 0.05) is 30.8 Å². The van der Waals surface area contributed by atoms with E-state index in [1.54, 1.807) is 11.3 Å². The number of carbonyl (C=O) groups is 1. The SMILES string of the molecule is O=C(CCC1CCCN1)NCCc1cscn1. The quantitative estimate of drug-likeness (QED) is 0.804.